The van der Waals surface area contributed by atoms with Crippen LogP contribution in [0.4, 0.5) is 0 Å². The second-order valence-electron chi connectivity index (χ2n) is 6.87. The van der Waals surface area contributed by atoms with Crippen molar-refractivity contribution in [2.24, 2.45) is 0 Å². The van der Waals surface area contributed by atoms with E-state index >= 15 is 0 Å². The summed E-state index contributed by atoms with van der Waals surface area (Å²) in [6.07, 6.45) is -8.39. The van der Waals surface area contributed by atoms with E-state index in [-0.39, 0.29) is 18.2 Å². The molecule has 0 saturated carbocycles. The summed E-state index contributed by atoms with van der Waals surface area (Å²) in [6, 6.07) is 11.8. The van der Waals surface area contributed by atoms with Crippen molar-refractivity contribution in [1.29, 1.82) is 0 Å². The first kappa shape index (κ1) is 28.3. The first-order chi connectivity index (χ1) is 15.9. The Bertz CT molecular complexity index is 1050. The maximum atomic E-state index is 10.8. The highest BCUT2D eigenvalue weighted by molar-refractivity contribution is 5.89. The van der Waals surface area contributed by atoms with Gasteiger partial charge in [-0.1, -0.05) is 36.4 Å². The van der Waals surface area contributed by atoms with E-state index in [1.807, 2.05) is 43.3 Å². The number of aryl methyl sites for hydroxylation is 1. The topological polar surface area (TPSA) is 180 Å². The van der Waals surface area contributed by atoms with E-state index < -0.39 is 36.4 Å². The average molecular weight is 478 g/mol. The van der Waals surface area contributed by atoms with Crippen LogP contribution in [0.3, 0.4) is 0 Å². The lowest BCUT2D eigenvalue weighted by molar-refractivity contribution is -0.163. The predicted octanol–water partition coefficient (Wildman–Crippen LogP) is 0.763. The minimum Gasteiger partial charge on any atom is -0.479 e. The van der Waals surface area contributed by atoms with E-state index in [1.165, 1.54) is 6.92 Å². The number of fused-ring (bicyclic) bond motifs is 1. The molecule has 184 valence electrons. The normalized spacial score (nSPS) is 13.8. The third-order valence-corrected chi connectivity index (χ3v) is 4.19. The van der Waals surface area contributed by atoms with Crippen molar-refractivity contribution < 1.29 is 54.1 Å². The van der Waals surface area contributed by atoms with Crippen molar-refractivity contribution in [2.45, 2.75) is 38.3 Å². The number of benzene rings is 2. The second kappa shape index (κ2) is 13.1. The number of carboxylic acid groups (broad SMARTS) is 1. The van der Waals surface area contributed by atoms with E-state index in [0.29, 0.717) is 5.75 Å². The van der Waals surface area contributed by atoms with Gasteiger partial charge in [-0.05, 0) is 31.0 Å². The van der Waals surface area contributed by atoms with Gasteiger partial charge in [0.05, 0.1) is 0 Å². The summed E-state index contributed by atoms with van der Waals surface area (Å²) in [5.74, 6) is -1.82. The van der Waals surface area contributed by atoms with Crippen LogP contribution in [0.5, 0.6) is 5.75 Å². The SMILES string of the molecule is C=C(OC(=C)Oc1c(C)ccc2ccccc12)OC(C)=O.O=C[C@H](O)[C@@H](O)[C@H](O)[C@H](O)C(=O)O. The predicted molar refractivity (Wildman–Crippen MR) is 118 cm³/mol. The third-order valence-electron chi connectivity index (χ3n) is 4.19. The standard InChI is InChI=1S/C17H16O4.C6H10O7/c1-11-9-10-15-7-5-6-8-16(15)17(11)21-14(4)20-13(3)19-12(2)18;7-1-2(8)3(9)4(10)5(11)6(12)13/h5-10H,3-4H2,1-2H3;1-5,8-11H,(H,12,13)/t;2-,3+,4-,5-/m.0/s1. The number of carbonyl (C=O) groups excluding carboxylic acids is 2. The summed E-state index contributed by atoms with van der Waals surface area (Å²) in [4.78, 5) is 30.7. The van der Waals surface area contributed by atoms with Crippen molar-refractivity contribution in [1.82, 2.24) is 0 Å². The highest BCUT2D eigenvalue weighted by Crippen LogP contribution is 2.31. The summed E-state index contributed by atoms with van der Waals surface area (Å²) in [6.45, 7) is 10.3. The van der Waals surface area contributed by atoms with Crippen LogP contribution in [0.2, 0.25) is 0 Å². The fourth-order valence-electron chi connectivity index (χ4n) is 2.55. The molecule has 0 spiro atoms. The third kappa shape index (κ3) is 8.30. The zero-order chi connectivity index (χ0) is 26.0. The number of aldehydes is 1. The Morgan fingerprint density at radius 3 is 2.12 bits per heavy atom. The number of hydrogen-bond acceptors (Lipinski definition) is 10. The van der Waals surface area contributed by atoms with Gasteiger partial charge in [0.1, 0.15) is 24.1 Å². The number of aliphatic hydroxyl groups is 4. The zero-order valence-electron chi connectivity index (χ0n) is 18.5. The molecule has 4 atom stereocenters. The molecular weight excluding hydrogens is 452 g/mol. The highest BCUT2D eigenvalue weighted by Gasteiger charge is 2.34. The van der Waals surface area contributed by atoms with Gasteiger partial charge in [-0.25, -0.2) is 4.79 Å². The van der Waals surface area contributed by atoms with Crippen LogP contribution in [-0.2, 0) is 23.9 Å². The lowest BCUT2D eigenvalue weighted by Crippen LogP contribution is -2.48. The number of hydrogen-bond donors (Lipinski definition) is 5. The first-order valence-corrected chi connectivity index (χ1v) is 9.69. The smallest absolute Gasteiger partial charge is 0.335 e. The van der Waals surface area contributed by atoms with E-state index in [1.54, 1.807) is 0 Å². The fraction of sp³-hybridized carbons (Fsp3) is 0.261. The van der Waals surface area contributed by atoms with Crippen LogP contribution in [0, 0.1) is 6.92 Å². The molecule has 11 heteroatoms. The van der Waals surface area contributed by atoms with Crippen LogP contribution in [0.25, 0.3) is 10.8 Å². The summed E-state index contributed by atoms with van der Waals surface area (Å²) in [5, 5.41) is 45.2. The number of carboxylic acids is 1. The number of carbonyl (C=O) groups is 3. The minimum atomic E-state index is -2.25. The van der Waals surface area contributed by atoms with Crippen molar-refractivity contribution in [3.05, 3.63) is 67.0 Å². The fourth-order valence-corrected chi connectivity index (χ4v) is 2.55. The monoisotopic (exact) mass is 478 g/mol. The Morgan fingerprint density at radius 2 is 1.56 bits per heavy atom. The van der Waals surface area contributed by atoms with Crippen molar-refractivity contribution in [3.63, 3.8) is 0 Å². The molecule has 0 aromatic heterocycles. The Hall–Kier alpha value is -3.77. The second-order valence-corrected chi connectivity index (χ2v) is 6.87. The van der Waals surface area contributed by atoms with Gasteiger partial charge in [-0.3, -0.25) is 4.79 Å². The number of ether oxygens (including phenoxy) is 3. The molecule has 0 radical (unpaired) electrons. The van der Waals surface area contributed by atoms with Crippen molar-refractivity contribution >= 4 is 29.0 Å². The Kier molecular flexibility index (Phi) is 10.9. The van der Waals surface area contributed by atoms with Gasteiger partial charge >= 0.3 is 11.9 Å². The molecule has 0 bridgehead atoms. The van der Waals surface area contributed by atoms with Gasteiger partial charge in [0.2, 0.25) is 0 Å². The van der Waals surface area contributed by atoms with E-state index in [2.05, 4.69) is 17.9 Å². The van der Waals surface area contributed by atoms with Crippen molar-refractivity contribution in [2.75, 3.05) is 0 Å². The Morgan fingerprint density at radius 1 is 0.941 bits per heavy atom. The maximum Gasteiger partial charge on any atom is 0.335 e. The molecule has 0 saturated heterocycles. The summed E-state index contributed by atoms with van der Waals surface area (Å²) >= 11 is 0. The molecule has 5 N–H and O–H groups in total. The molecule has 0 unspecified atom stereocenters. The lowest BCUT2D eigenvalue weighted by Gasteiger charge is -2.21. The van der Waals surface area contributed by atoms with Gasteiger partial charge in [0.25, 0.3) is 11.9 Å². The van der Waals surface area contributed by atoms with Gasteiger partial charge in [-0.15, -0.1) is 0 Å². The highest BCUT2D eigenvalue weighted by atomic mass is 16.8. The molecule has 0 aliphatic heterocycles. The number of esters is 1. The molecule has 0 aliphatic rings. The van der Waals surface area contributed by atoms with Gasteiger partial charge < -0.3 is 44.5 Å². The zero-order valence-corrected chi connectivity index (χ0v) is 18.5. The molecule has 11 nitrogen and oxygen atoms in total. The van der Waals surface area contributed by atoms with E-state index in [0.717, 1.165) is 16.3 Å². The number of aliphatic carboxylic acids is 1. The van der Waals surface area contributed by atoms with E-state index in [4.69, 9.17) is 35.0 Å². The number of aliphatic hydroxyl groups excluding tert-OH is 4. The molecule has 0 amide bonds. The summed E-state index contributed by atoms with van der Waals surface area (Å²) < 4.78 is 15.4. The molecule has 2 aromatic carbocycles. The van der Waals surface area contributed by atoms with Crippen LogP contribution in [0.15, 0.2) is 61.4 Å². The Balaban J connectivity index is 0.000000385. The van der Waals surface area contributed by atoms with Gasteiger partial charge in [-0.2, -0.15) is 0 Å². The minimum absolute atomic E-state index is 0.0132. The van der Waals surface area contributed by atoms with Crippen LogP contribution in [0.1, 0.15) is 12.5 Å². The maximum absolute atomic E-state index is 10.8. The Labute approximate surface area is 194 Å². The lowest BCUT2D eigenvalue weighted by atomic mass is 10.0. The molecule has 0 fully saturated rings. The van der Waals surface area contributed by atoms with Crippen LogP contribution >= 0.6 is 0 Å². The first-order valence-electron chi connectivity index (χ1n) is 9.69. The summed E-state index contributed by atoms with van der Waals surface area (Å²) in [5.41, 5.74) is 0.941. The average Bonchev–Trinajstić information content (AvgIpc) is 2.78. The van der Waals surface area contributed by atoms with Crippen molar-refractivity contribution in [3.8, 4) is 5.75 Å². The molecule has 34 heavy (non-hydrogen) atoms. The quantitative estimate of drug-likeness (QED) is 0.185. The molecule has 0 aliphatic carbocycles. The van der Waals surface area contributed by atoms with E-state index in [9.17, 15) is 14.4 Å². The van der Waals surface area contributed by atoms with Crippen LogP contribution in [-0.4, -0.2) is 68.2 Å². The van der Waals surface area contributed by atoms with Gasteiger partial charge in [0, 0.05) is 12.3 Å². The molecule has 0 heterocycles. The molecule has 2 aromatic rings. The molecular formula is C23H26O11. The largest absolute Gasteiger partial charge is 0.479 e. The van der Waals surface area contributed by atoms with Gasteiger partial charge in [0.15, 0.2) is 12.4 Å². The van der Waals surface area contributed by atoms with Crippen LogP contribution < -0.4 is 4.74 Å². The molecule has 2 rings (SSSR count). The number of rotatable bonds is 10. The summed E-state index contributed by atoms with van der Waals surface area (Å²) in [7, 11) is 0.